The van der Waals surface area contributed by atoms with E-state index in [9.17, 15) is 0 Å². The average Bonchev–Trinajstić information content (AvgIpc) is 3.18. The molecule has 22 heavy (non-hydrogen) atoms. The number of hydrogen-bond acceptors (Lipinski definition) is 4. The van der Waals surface area contributed by atoms with Gasteiger partial charge in [0.2, 0.25) is 0 Å². The van der Waals surface area contributed by atoms with Crippen molar-refractivity contribution < 1.29 is 4.42 Å². The first-order valence-corrected chi connectivity index (χ1v) is 8.25. The molecule has 0 fully saturated rings. The molecule has 0 aliphatic rings. The van der Waals surface area contributed by atoms with Crippen LogP contribution in [0.3, 0.4) is 0 Å². The standard InChI is InChI=1S/C16H24N4OS/c1-17-16(18-9-8-13-6-4-10-21-13)19-12-14(20(2)3)15-7-5-11-22-15/h4-7,10-11,14H,8-9,12H2,1-3H3,(H2,17,18,19). The highest BCUT2D eigenvalue weighted by atomic mass is 32.1. The van der Waals surface area contributed by atoms with Gasteiger partial charge < -0.3 is 20.0 Å². The van der Waals surface area contributed by atoms with Crippen molar-refractivity contribution in [1.82, 2.24) is 15.5 Å². The average molecular weight is 320 g/mol. The Kier molecular flexibility index (Phi) is 6.48. The summed E-state index contributed by atoms with van der Waals surface area (Å²) in [7, 11) is 5.98. The zero-order chi connectivity index (χ0) is 15.8. The summed E-state index contributed by atoms with van der Waals surface area (Å²) in [4.78, 5) is 7.84. The minimum atomic E-state index is 0.337. The topological polar surface area (TPSA) is 52.8 Å². The van der Waals surface area contributed by atoms with Crippen LogP contribution >= 0.6 is 11.3 Å². The van der Waals surface area contributed by atoms with Crippen molar-refractivity contribution in [1.29, 1.82) is 0 Å². The van der Waals surface area contributed by atoms with Gasteiger partial charge in [-0.3, -0.25) is 4.99 Å². The maximum absolute atomic E-state index is 5.32. The molecule has 2 aromatic heterocycles. The van der Waals surface area contributed by atoms with Gasteiger partial charge in [0, 0.05) is 31.4 Å². The Morgan fingerprint density at radius 3 is 2.77 bits per heavy atom. The summed E-state index contributed by atoms with van der Waals surface area (Å²) in [5.74, 6) is 1.79. The largest absolute Gasteiger partial charge is 0.469 e. The predicted molar refractivity (Wildman–Crippen MR) is 92.5 cm³/mol. The van der Waals surface area contributed by atoms with Crippen molar-refractivity contribution >= 4 is 17.3 Å². The second kappa shape index (κ2) is 8.60. The minimum Gasteiger partial charge on any atom is -0.469 e. The van der Waals surface area contributed by atoms with E-state index in [0.717, 1.165) is 31.2 Å². The number of aliphatic imine (C=N–C) groups is 1. The number of nitrogens with zero attached hydrogens (tertiary/aromatic N) is 2. The second-order valence-corrected chi connectivity index (χ2v) is 6.18. The maximum atomic E-state index is 5.32. The SMILES string of the molecule is CN=C(NCCc1ccco1)NCC(c1cccs1)N(C)C. The van der Waals surface area contributed by atoms with E-state index in [1.54, 1.807) is 24.6 Å². The monoisotopic (exact) mass is 320 g/mol. The van der Waals surface area contributed by atoms with E-state index >= 15 is 0 Å². The fourth-order valence-corrected chi connectivity index (χ4v) is 3.11. The van der Waals surface area contributed by atoms with Crippen LogP contribution in [0, 0.1) is 0 Å². The number of thiophene rings is 1. The molecule has 2 N–H and O–H groups in total. The van der Waals surface area contributed by atoms with Crippen molar-refractivity contribution in [2.24, 2.45) is 4.99 Å². The van der Waals surface area contributed by atoms with Crippen LogP contribution in [0.25, 0.3) is 0 Å². The number of rotatable bonds is 7. The third-order valence-electron chi connectivity index (χ3n) is 3.43. The number of furan rings is 1. The van der Waals surface area contributed by atoms with Crippen LogP contribution in [0.1, 0.15) is 16.7 Å². The van der Waals surface area contributed by atoms with E-state index in [0.29, 0.717) is 6.04 Å². The zero-order valence-electron chi connectivity index (χ0n) is 13.4. The summed E-state index contributed by atoms with van der Waals surface area (Å²) in [5.41, 5.74) is 0. The van der Waals surface area contributed by atoms with E-state index < -0.39 is 0 Å². The molecule has 0 amide bonds. The van der Waals surface area contributed by atoms with Gasteiger partial charge in [0.15, 0.2) is 5.96 Å². The lowest BCUT2D eigenvalue weighted by molar-refractivity contribution is 0.302. The Labute approximate surface area is 136 Å². The van der Waals surface area contributed by atoms with E-state index in [1.165, 1.54) is 4.88 Å². The molecule has 120 valence electrons. The molecule has 0 saturated carbocycles. The highest BCUT2D eigenvalue weighted by Crippen LogP contribution is 2.22. The molecule has 2 heterocycles. The van der Waals surface area contributed by atoms with Gasteiger partial charge in [-0.2, -0.15) is 0 Å². The van der Waals surface area contributed by atoms with Crippen molar-refractivity contribution in [2.75, 3.05) is 34.2 Å². The summed E-state index contributed by atoms with van der Waals surface area (Å²) >= 11 is 1.78. The Hall–Kier alpha value is -1.79. The van der Waals surface area contributed by atoms with Crippen LogP contribution in [0.5, 0.6) is 0 Å². The lowest BCUT2D eigenvalue weighted by atomic mass is 10.2. The van der Waals surface area contributed by atoms with Gasteiger partial charge in [0.25, 0.3) is 0 Å². The normalized spacial score (nSPS) is 13.4. The lowest BCUT2D eigenvalue weighted by Crippen LogP contribution is -2.42. The summed E-state index contributed by atoms with van der Waals surface area (Å²) in [6.07, 6.45) is 2.54. The van der Waals surface area contributed by atoms with Gasteiger partial charge in [0.05, 0.1) is 12.3 Å². The van der Waals surface area contributed by atoms with Crippen molar-refractivity contribution in [3.8, 4) is 0 Å². The van der Waals surface area contributed by atoms with E-state index in [1.807, 2.05) is 12.1 Å². The molecule has 0 aliphatic carbocycles. The van der Waals surface area contributed by atoms with Gasteiger partial charge >= 0.3 is 0 Å². The molecular formula is C16H24N4OS. The van der Waals surface area contributed by atoms with Crippen LogP contribution in [-0.2, 0) is 6.42 Å². The summed E-state index contributed by atoms with van der Waals surface area (Å²) < 4.78 is 5.32. The fourth-order valence-electron chi connectivity index (χ4n) is 2.19. The van der Waals surface area contributed by atoms with Crippen molar-refractivity contribution in [2.45, 2.75) is 12.5 Å². The molecule has 0 saturated heterocycles. The molecule has 0 spiro atoms. The van der Waals surface area contributed by atoms with Gasteiger partial charge in [-0.15, -0.1) is 11.3 Å². The van der Waals surface area contributed by atoms with Gasteiger partial charge in [-0.25, -0.2) is 0 Å². The predicted octanol–water partition coefficient (Wildman–Crippen LogP) is 2.35. The summed E-state index contributed by atoms with van der Waals surface area (Å²) in [5, 5.41) is 8.82. The van der Waals surface area contributed by atoms with Crippen LogP contribution in [0.2, 0.25) is 0 Å². The van der Waals surface area contributed by atoms with E-state index in [-0.39, 0.29) is 0 Å². The zero-order valence-corrected chi connectivity index (χ0v) is 14.2. The maximum Gasteiger partial charge on any atom is 0.191 e. The molecule has 5 nitrogen and oxygen atoms in total. The highest BCUT2D eigenvalue weighted by Gasteiger charge is 2.15. The second-order valence-electron chi connectivity index (χ2n) is 5.20. The Morgan fingerprint density at radius 2 is 2.18 bits per heavy atom. The Morgan fingerprint density at radius 1 is 1.32 bits per heavy atom. The molecule has 0 aliphatic heterocycles. The number of nitrogens with one attached hydrogen (secondary N) is 2. The van der Waals surface area contributed by atoms with Crippen LogP contribution in [0.15, 0.2) is 45.3 Å². The van der Waals surface area contributed by atoms with Crippen LogP contribution in [-0.4, -0.2) is 45.1 Å². The molecule has 0 radical (unpaired) electrons. The highest BCUT2D eigenvalue weighted by molar-refractivity contribution is 7.10. The van der Waals surface area contributed by atoms with Gasteiger partial charge in [-0.1, -0.05) is 6.07 Å². The number of guanidine groups is 1. The summed E-state index contributed by atoms with van der Waals surface area (Å²) in [6, 6.07) is 8.49. The molecular weight excluding hydrogens is 296 g/mol. The molecule has 2 rings (SSSR count). The smallest absolute Gasteiger partial charge is 0.191 e. The van der Waals surface area contributed by atoms with Crippen molar-refractivity contribution in [3.63, 3.8) is 0 Å². The molecule has 6 heteroatoms. The van der Waals surface area contributed by atoms with Crippen LogP contribution < -0.4 is 10.6 Å². The summed E-state index contributed by atoms with van der Waals surface area (Å²) in [6.45, 7) is 1.60. The minimum absolute atomic E-state index is 0.337. The molecule has 2 aromatic rings. The lowest BCUT2D eigenvalue weighted by Gasteiger charge is -2.24. The quantitative estimate of drug-likeness (QED) is 0.607. The first kappa shape index (κ1) is 16.6. The number of hydrogen-bond donors (Lipinski definition) is 2. The number of likely N-dealkylation sites (N-methyl/N-ethyl adjacent to an activating group) is 1. The third kappa shape index (κ3) is 4.89. The Bertz CT molecular complexity index is 549. The van der Waals surface area contributed by atoms with Crippen LogP contribution in [0.4, 0.5) is 0 Å². The van der Waals surface area contributed by atoms with Crippen molar-refractivity contribution in [3.05, 3.63) is 46.5 Å². The molecule has 1 unspecified atom stereocenters. The van der Waals surface area contributed by atoms with Gasteiger partial charge in [0.1, 0.15) is 5.76 Å². The Balaban J connectivity index is 1.79. The van der Waals surface area contributed by atoms with E-state index in [4.69, 9.17) is 4.42 Å². The fraction of sp³-hybridized carbons (Fsp3) is 0.438. The molecule has 0 aromatic carbocycles. The van der Waals surface area contributed by atoms with E-state index in [2.05, 4.69) is 52.1 Å². The first-order chi connectivity index (χ1) is 10.7. The van der Waals surface area contributed by atoms with Gasteiger partial charge in [-0.05, 0) is 37.7 Å². The molecule has 0 bridgehead atoms. The molecule has 1 atom stereocenters. The third-order valence-corrected chi connectivity index (χ3v) is 4.40. The first-order valence-electron chi connectivity index (χ1n) is 7.37.